The van der Waals surface area contributed by atoms with Gasteiger partial charge in [0.1, 0.15) is 5.88 Å². The van der Waals surface area contributed by atoms with Crippen molar-refractivity contribution in [1.29, 1.82) is 0 Å². The number of nitrogens with one attached hydrogen (secondary N) is 1. The van der Waals surface area contributed by atoms with Crippen LogP contribution in [-0.4, -0.2) is 24.4 Å². The molecule has 0 saturated carbocycles. The molecule has 104 valence electrons. The van der Waals surface area contributed by atoms with Crippen LogP contribution in [0, 0.1) is 13.8 Å². The molecule has 1 aliphatic rings. The number of alkyl halides is 1. The summed E-state index contributed by atoms with van der Waals surface area (Å²) in [6, 6.07) is 5.78. The number of carbonyl (C=O) groups excluding carboxylic acids is 2. The first kappa shape index (κ1) is 15.5. The molecule has 5 heteroatoms. The number of amides is 1. The predicted molar refractivity (Wildman–Crippen MR) is 75.5 cm³/mol. The molecule has 1 fully saturated rings. The summed E-state index contributed by atoms with van der Waals surface area (Å²) in [5.74, 6) is -0.224. The van der Waals surface area contributed by atoms with Gasteiger partial charge in [-0.15, -0.1) is 11.6 Å². The molecule has 0 spiro atoms. The summed E-state index contributed by atoms with van der Waals surface area (Å²) in [4.78, 5) is 21.0. The zero-order valence-electron chi connectivity index (χ0n) is 11.2. The fourth-order valence-electron chi connectivity index (χ4n) is 1.54. The molecule has 1 heterocycles. The van der Waals surface area contributed by atoms with Crippen LogP contribution < -0.4 is 5.32 Å². The molecule has 0 unspecified atom stereocenters. The first-order valence-corrected chi connectivity index (χ1v) is 6.65. The molecule has 1 aromatic rings. The second-order valence-electron chi connectivity index (χ2n) is 4.25. The smallest absolute Gasteiger partial charge is 0.305 e. The zero-order valence-corrected chi connectivity index (χ0v) is 11.9. The van der Waals surface area contributed by atoms with E-state index < -0.39 is 0 Å². The molecule has 1 aliphatic heterocycles. The maximum Gasteiger partial charge on any atom is 0.305 e. The second-order valence-corrected chi connectivity index (χ2v) is 4.52. The minimum Gasteiger partial charge on any atom is -0.466 e. The molecular weight excluding hydrogens is 266 g/mol. The highest BCUT2D eigenvalue weighted by Gasteiger charge is 2.08. The van der Waals surface area contributed by atoms with Gasteiger partial charge in [-0.25, -0.2) is 0 Å². The van der Waals surface area contributed by atoms with Crippen LogP contribution in [-0.2, 0) is 14.3 Å². The average molecular weight is 284 g/mol. The Kier molecular flexibility index (Phi) is 6.36. The van der Waals surface area contributed by atoms with Crippen molar-refractivity contribution in [2.45, 2.75) is 26.7 Å². The van der Waals surface area contributed by atoms with Crippen molar-refractivity contribution < 1.29 is 14.3 Å². The lowest BCUT2D eigenvalue weighted by Crippen LogP contribution is -2.13. The highest BCUT2D eigenvalue weighted by molar-refractivity contribution is 6.29. The van der Waals surface area contributed by atoms with Gasteiger partial charge in [-0.3, -0.25) is 9.59 Å². The van der Waals surface area contributed by atoms with E-state index in [4.69, 9.17) is 11.6 Å². The van der Waals surface area contributed by atoms with Gasteiger partial charge in [0.2, 0.25) is 5.91 Å². The summed E-state index contributed by atoms with van der Waals surface area (Å²) in [6.07, 6.45) is 1.54. The van der Waals surface area contributed by atoms with Crippen LogP contribution >= 0.6 is 11.6 Å². The summed E-state index contributed by atoms with van der Waals surface area (Å²) in [7, 11) is 0. The minimum absolute atomic E-state index is 0.00657. The number of rotatable bonds is 2. The van der Waals surface area contributed by atoms with Gasteiger partial charge in [0.15, 0.2) is 0 Å². The number of cyclic esters (lactones) is 1. The third-order valence-electron chi connectivity index (χ3n) is 2.79. The lowest BCUT2D eigenvalue weighted by Gasteiger charge is -2.08. The van der Waals surface area contributed by atoms with E-state index in [1.54, 1.807) is 0 Å². The fraction of sp³-hybridized carbons (Fsp3) is 0.429. The number of esters is 1. The van der Waals surface area contributed by atoms with Gasteiger partial charge in [0.25, 0.3) is 0 Å². The van der Waals surface area contributed by atoms with E-state index in [-0.39, 0.29) is 17.8 Å². The van der Waals surface area contributed by atoms with E-state index in [0.29, 0.717) is 13.0 Å². The van der Waals surface area contributed by atoms with Gasteiger partial charge in [-0.2, -0.15) is 0 Å². The van der Waals surface area contributed by atoms with Crippen molar-refractivity contribution in [3.8, 4) is 0 Å². The number of benzene rings is 1. The van der Waals surface area contributed by atoms with Crippen LogP contribution in [0.1, 0.15) is 24.0 Å². The quantitative estimate of drug-likeness (QED) is 0.671. The lowest BCUT2D eigenvalue weighted by atomic mass is 10.1. The molecule has 19 heavy (non-hydrogen) atoms. The molecule has 0 aliphatic carbocycles. The summed E-state index contributed by atoms with van der Waals surface area (Å²) < 4.78 is 4.51. The first-order valence-electron chi connectivity index (χ1n) is 6.12. The first-order chi connectivity index (χ1) is 9.04. The second kappa shape index (κ2) is 7.79. The van der Waals surface area contributed by atoms with Crippen LogP contribution in [0.3, 0.4) is 0 Å². The van der Waals surface area contributed by atoms with Crippen molar-refractivity contribution in [3.63, 3.8) is 0 Å². The number of hydrogen-bond donors (Lipinski definition) is 1. The molecule has 0 bridgehead atoms. The number of aryl methyl sites for hydroxylation is 1. The molecular formula is C14H18ClNO3. The third kappa shape index (κ3) is 5.30. The Morgan fingerprint density at radius 2 is 2.16 bits per heavy atom. The maximum atomic E-state index is 11.0. The zero-order chi connectivity index (χ0) is 14.3. The van der Waals surface area contributed by atoms with E-state index in [9.17, 15) is 9.59 Å². The largest absolute Gasteiger partial charge is 0.466 e. The molecule has 1 N–H and O–H groups in total. The van der Waals surface area contributed by atoms with E-state index in [2.05, 4.69) is 10.1 Å². The lowest BCUT2D eigenvalue weighted by molar-refractivity contribution is -0.137. The van der Waals surface area contributed by atoms with Gasteiger partial charge in [-0.05, 0) is 37.5 Å². The number of halogens is 1. The Balaban J connectivity index is 0.000000250. The maximum absolute atomic E-state index is 11.0. The number of carbonyl (C=O) groups is 2. The highest BCUT2D eigenvalue weighted by atomic mass is 35.5. The Bertz CT molecular complexity index is 452. The predicted octanol–water partition coefficient (Wildman–Crippen LogP) is 2.80. The van der Waals surface area contributed by atoms with E-state index in [1.165, 1.54) is 0 Å². The number of ether oxygens (including phenoxy) is 1. The van der Waals surface area contributed by atoms with Crippen LogP contribution in [0.15, 0.2) is 18.2 Å². The van der Waals surface area contributed by atoms with Gasteiger partial charge in [-0.1, -0.05) is 12.1 Å². The summed E-state index contributed by atoms with van der Waals surface area (Å²) >= 11 is 5.38. The Morgan fingerprint density at radius 1 is 1.42 bits per heavy atom. The molecule has 0 radical (unpaired) electrons. The normalized spacial score (nSPS) is 13.3. The van der Waals surface area contributed by atoms with E-state index in [0.717, 1.165) is 23.2 Å². The molecule has 0 atom stereocenters. The van der Waals surface area contributed by atoms with Crippen molar-refractivity contribution in [2.75, 3.05) is 17.8 Å². The highest BCUT2D eigenvalue weighted by Crippen LogP contribution is 2.17. The standard InChI is InChI=1S/C10H12ClNO.C4H6O2/c1-7-4-3-5-9(8(7)2)12-10(13)6-11;5-4-2-1-3-6-4/h3-5H,6H2,1-2H3,(H,12,13);1-3H2. The van der Waals surface area contributed by atoms with E-state index >= 15 is 0 Å². The van der Waals surface area contributed by atoms with Crippen molar-refractivity contribution in [2.24, 2.45) is 0 Å². The van der Waals surface area contributed by atoms with Crippen LogP contribution in [0.5, 0.6) is 0 Å². The van der Waals surface area contributed by atoms with Crippen LogP contribution in [0.25, 0.3) is 0 Å². The Labute approximate surface area is 118 Å². The third-order valence-corrected chi connectivity index (χ3v) is 3.03. The average Bonchev–Trinajstić information content (AvgIpc) is 2.87. The van der Waals surface area contributed by atoms with Crippen LogP contribution in [0.2, 0.25) is 0 Å². The van der Waals surface area contributed by atoms with Gasteiger partial charge in [0, 0.05) is 12.1 Å². The van der Waals surface area contributed by atoms with Gasteiger partial charge < -0.3 is 10.1 Å². The van der Waals surface area contributed by atoms with Gasteiger partial charge in [0.05, 0.1) is 6.61 Å². The fourth-order valence-corrected chi connectivity index (χ4v) is 1.61. The summed E-state index contributed by atoms with van der Waals surface area (Å²) in [5, 5.41) is 2.73. The number of anilines is 1. The Hall–Kier alpha value is -1.55. The minimum atomic E-state index is -0.171. The van der Waals surface area contributed by atoms with Gasteiger partial charge >= 0.3 is 5.97 Å². The molecule has 2 rings (SSSR count). The molecule has 1 aromatic carbocycles. The van der Waals surface area contributed by atoms with E-state index in [1.807, 2.05) is 32.0 Å². The molecule has 0 aromatic heterocycles. The summed E-state index contributed by atoms with van der Waals surface area (Å²) in [5.41, 5.74) is 3.08. The Morgan fingerprint density at radius 3 is 2.63 bits per heavy atom. The molecule has 1 saturated heterocycles. The molecule has 4 nitrogen and oxygen atoms in total. The number of hydrogen-bond acceptors (Lipinski definition) is 3. The SMILES string of the molecule is Cc1cccc(NC(=O)CCl)c1C.O=C1CCCO1. The summed E-state index contributed by atoms with van der Waals surface area (Å²) in [6.45, 7) is 4.61. The van der Waals surface area contributed by atoms with Crippen molar-refractivity contribution in [1.82, 2.24) is 0 Å². The molecule has 1 amide bonds. The van der Waals surface area contributed by atoms with Crippen LogP contribution in [0.4, 0.5) is 5.69 Å². The monoisotopic (exact) mass is 283 g/mol. The van der Waals surface area contributed by atoms with Crippen molar-refractivity contribution >= 4 is 29.2 Å². The topological polar surface area (TPSA) is 55.4 Å². The van der Waals surface area contributed by atoms with Crippen molar-refractivity contribution in [3.05, 3.63) is 29.3 Å².